The number of aliphatic hydroxyl groups excluding tert-OH is 2. The first-order chi connectivity index (χ1) is 29.5. The zero-order valence-corrected chi connectivity index (χ0v) is 39.3. The monoisotopic (exact) mass is 838 g/mol. The van der Waals surface area contributed by atoms with Crippen molar-refractivity contribution in [3.05, 3.63) is 72.9 Å². The molecule has 0 heterocycles. The van der Waals surface area contributed by atoms with Crippen LogP contribution in [0.1, 0.15) is 233 Å². The van der Waals surface area contributed by atoms with Crippen molar-refractivity contribution in [3.63, 3.8) is 0 Å². The standard InChI is InChI=1S/C54H95NO5/c1-4-7-10-13-16-19-21-23-25-26-27-28-30-32-35-38-41-44-47-54(59)60-50(45-42-39-36-34-31-29-24-22-20-17-14-11-8-5-2)48-53(58)55-51(49-56)52(57)46-43-40-37-33-18-15-12-9-6-3/h10,13,16,19,21,23,25-29,31,50-52,56-57H,4-9,11-12,14-15,17-18,20,22,24,30,32-49H2,1-3H3,(H,55,58)/b13-10+,19-16+,23-21+,26-25+,28-27+,31-29+. The number of allylic oxidation sites excluding steroid dienone is 12. The molecule has 6 heteroatoms. The summed E-state index contributed by atoms with van der Waals surface area (Å²) in [6.07, 6.45) is 59.6. The molecular weight excluding hydrogens is 743 g/mol. The van der Waals surface area contributed by atoms with Crippen LogP contribution in [-0.4, -0.2) is 46.9 Å². The van der Waals surface area contributed by atoms with E-state index in [0.717, 1.165) is 96.3 Å². The van der Waals surface area contributed by atoms with Crippen LogP contribution >= 0.6 is 0 Å². The molecule has 3 atom stereocenters. The number of esters is 1. The van der Waals surface area contributed by atoms with Gasteiger partial charge in [-0.25, -0.2) is 0 Å². The van der Waals surface area contributed by atoms with E-state index < -0.39 is 18.2 Å². The zero-order chi connectivity index (χ0) is 43.8. The van der Waals surface area contributed by atoms with E-state index in [9.17, 15) is 19.8 Å². The summed E-state index contributed by atoms with van der Waals surface area (Å²) < 4.78 is 5.91. The molecule has 0 bridgehead atoms. The Balaban J connectivity index is 4.66. The maximum absolute atomic E-state index is 13.2. The SMILES string of the molecule is CCC/C=C/C=C/C=C/C=C/C=C/CCCCCCCC(=O)OC(CCCCC/C=C/CCCCCCCCC)CC(=O)NC(CO)C(O)CCCCCCCCCCC. The van der Waals surface area contributed by atoms with Gasteiger partial charge in [0.2, 0.25) is 5.91 Å². The van der Waals surface area contributed by atoms with Gasteiger partial charge in [-0.1, -0.05) is 222 Å². The van der Waals surface area contributed by atoms with Crippen molar-refractivity contribution in [1.29, 1.82) is 0 Å². The predicted octanol–water partition coefficient (Wildman–Crippen LogP) is 15.0. The molecule has 3 unspecified atom stereocenters. The van der Waals surface area contributed by atoms with Crippen LogP contribution in [-0.2, 0) is 14.3 Å². The Kier molecular flexibility index (Phi) is 45.2. The van der Waals surface area contributed by atoms with E-state index in [4.69, 9.17) is 4.74 Å². The normalized spacial score (nSPS) is 13.9. The van der Waals surface area contributed by atoms with Gasteiger partial charge in [-0.3, -0.25) is 9.59 Å². The van der Waals surface area contributed by atoms with Crippen LogP contribution in [0.3, 0.4) is 0 Å². The average Bonchev–Trinajstić information content (AvgIpc) is 3.24. The van der Waals surface area contributed by atoms with Gasteiger partial charge in [0.25, 0.3) is 0 Å². The molecule has 3 N–H and O–H groups in total. The minimum Gasteiger partial charge on any atom is -0.462 e. The first kappa shape index (κ1) is 57.3. The summed E-state index contributed by atoms with van der Waals surface area (Å²) in [6.45, 7) is 6.36. The van der Waals surface area contributed by atoms with E-state index in [0.29, 0.717) is 19.3 Å². The number of aliphatic hydroxyl groups is 2. The quantitative estimate of drug-likeness (QED) is 0.0246. The molecule has 0 aromatic heterocycles. The van der Waals surface area contributed by atoms with E-state index in [1.807, 2.05) is 24.3 Å². The van der Waals surface area contributed by atoms with E-state index >= 15 is 0 Å². The van der Waals surface area contributed by atoms with Crippen molar-refractivity contribution in [2.24, 2.45) is 0 Å². The number of amides is 1. The Morgan fingerprint density at radius 2 is 0.900 bits per heavy atom. The van der Waals surface area contributed by atoms with Crippen molar-refractivity contribution >= 4 is 11.9 Å². The van der Waals surface area contributed by atoms with Gasteiger partial charge in [-0.2, -0.15) is 0 Å². The topological polar surface area (TPSA) is 95.9 Å². The van der Waals surface area contributed by atoms with E-state index in [1.165, 1.54) is 89.9 Å². The summed E-state index contributed by atoms with van der Waals surface area (Å²) >= 11 is 0. The number of nitrogens with one attached hydrogen (secondary N) is 1. The lowest BCUT2D eigenvalue weighted by Crippen LogP contribution is -2.46. The van der Waals surface area contributed by atoms with E-state index in [2.05, 4.69) is 74.7 Å². The summed E-state index contributed by atoms with van der Waals surface area (Å²) in [5.74, 6) is -0.521. The second-order valence-corrected chi connectivity index (χ2v) is 17.0. The van der Waals surface area contributed by atoms with Crippen molar-refractivity contribution in [3.8, 4) is 0 Å². The maximum Gasteiger partial charge on any atom is 0.306 e. The zero-order valence-electron chi connectivity index (χ0n) is 39.3. The molecule has 0 aromatic carbocycles. The van der Waals surface area contributed by atoms with Gasteiger partial charge in [0.1, 0.15) is 6.10 Å². The molecule has 0 saturated carbocycles. The van der Waals surface area contributed by atoms with Crippen LogP contribution in [0.2, 0.25) is 0 Å². The fourth-order valence-electron chi connectivity index (χ4n) is 7.28. The molecule has 0 fully saturated rings. The lowest BCUT2D eigenvalue weighted by atomic mass is 10.0. The fourth-order valence-corrected chi connectivity index (χ4v) is 7.28. The van der Waals surface area contributed by atoms with Crippen LogP contribution in [0.4, 0.5) is 0 Å². The summed E-state index contributed by atoms with van der Waals surface area (Å²) in [6, 6.07) is -0.713. The van der Waals surface area contributed by atoms with Crippen molar-refractivity contribution in [1.82, 2.24) is 5.32 Å². The molecule has 0 aliphatic rings. The Bertz CT molecular complexity index is 1120. The highest BCUT2D eigenvalue weighted by Crippen LogP contribution is 2.17. The minimum absolute atomic E-state index is 0.0537. The lowest BCUT2D eigenvalue weighted by molar-refractivity contribution is -0.151. The Hall–Kier alpha value is -2.70. The van der Waals surface area contributed by atoms with Crippen LogP contribution in [0.25, 0.3) is 0 Å². The summed E-state index contributed by atoms with van der Waals surface area (Å²) in [4.78, 5) is 26.1. The van der Waals surface area contributed by atoms with Gasteiger partial charge >= 0.3 is 5.97 Å². The molecule has 60 heavy (non-hydrogen) atoms. The summed E-state index contributed by atoms with van der Waals surface area (Å²) in [5.41, 5.74) is 0. The molecule has 346 valence electrons. The predicted molar refractivity (Wildman–Crippen MR) is 259 cm³/mol. The lowest BCUT2D eigenvalue weighted by Gasteiger charge is -2.24. The Morgan fingerprint density at radius 1 is 0.483 bits per heavy atom. The molecule has 0 spiro atoms. The van der Waals surface area contributed by atoms with Crippen LogP contribution in [0, 0.1) is 0 Å². The first-order valence-corrected chi connectivity index (χ1v) is 25.2. The van der Waals surface area contributed by atoms with E-state index in [1.54, 1.807) is 0 Å². The number of rotatable bonds is 44. The molecule has 0 aromatic rings. The molecule has 0 aliphatic heterocycles. The highest BCUT2D eigenvalue weighted by atomic mass is 16.5. The number of hydrogen-bond acceptors (Lipinski definition) is 5. The highest BCUT2D eigenvalue weighted by Gasteiger charge is 2.24. The minimum atomic E-state index is -0.797. The first-order valence-electron chi connectivity index (χ1n) is 25.2. The third kappa shape index (κ3) is 42.0. The summed E-state index contributed by atoms with van der Waals surface area (Å²) in [5, 5.41) is 23.7. The molecule has 0 saturated heterocycles. The number of unbranched alkanes of at least 4 members (excludes halogenated alkanes) is 24. The number of ether oxygens (including phenoxy) is 1. The molecular formula is C54H95NO5. The van der Waals surface area contributed by atoms with Crippen LogP contribution < -0.4 is 5.32 Å². The van der Waals surface area contributed by atoms with Crippen molar-refractivity contribution < 1.29 is 24.5 Å². The highest BCUT2D eigenvalue weighted by molar-refractivity contribution is 5.77. The smallest absolute Gasteiger partial charge is 0.306 e. The van der Waals surface area contributed by atoms with Gasteiger partial charge in [0.15, 0.2) is 0 Å². The van der Waals surface area contributed by atoms with Gasteiger partial charge in [-0.05, 0) is 70.6 Å². The second-order valence-electron chi connectivity index (χ2n) is 17.0. The third-order valence-electron chi connectivity index (χ3n) is 11.1. The molecule has 0 rings (SSSR count). The average molecular weight is 838 g/mol. The van der Waals surface area contributed by atoms with Crippen molar-refractivity contribution in [2.75, 3.05) is 6.61 Å². The number of carbonyl (C=O) groups is 2. The largest absolute Gasteiger partial charge is 0.462 e. The molecule has 6 nitrogen and oxygen atoms in total. The molecule has 0 radical (unpaired) electrons. The van der Waals surface area contributed by atoms with Gasteiger partial charge in [0.05, 0.1) is 25.2 Å². The van der Waals surface area contributed by atoms with Crippen LogP contribution in [0.5, 0.6) is 0 Å². The van der Waals surface area contributed by atoms with E-state index in [-0.39, 0.29) is 24.9 Å². The van der Waals surface area contributed by atoms with Gasteiger partial charge < -0.3 is 20.3 Å². The van der Waals surface area contributed by atoms with Crippen LogP contribution in [0.15, 0.2) is 72.9 Å². The molecule has 0 aliphatic carbocycles. The van der Waals surface area contributed by atoms with Gasteiger partial charge in [0, 0.05) is 6.42 Å². The van der Waals surface area contributed by atoms with Gasteiger partial charge in [-0.15, -0.1) is 0 Å². The maximum atomic E-state index is 13.2. The number of carbonyl (C=O) groups excluding carboxylic acids is 2. The summed E-state index contributed by atoms with van der Waals surface area (Å²) in [7, 11) is 0. The molecule has 1 amide bonds. The third-order valence-corrected chi connectivity index (χ3v) is 11.1. The fraction of sp³-hybridized carbons (Fsp3) is 0.741. The second kappa shape index (κ2) is 47.4. The Morgan fingerprint density at radius 3 is 1.42 bits per heavy atom. The number of hydrogen-bond donors (Lipinski definition) is 3. The Labute approximate surface area is 371 Å². The van der Waals surface area contributed by atoms with Crippen molar-refractivity contribution in [2.45, 2.75) is 251 Å².